The van der Waals surface area contributed by atoms with Gasteiger partial charge in [0.05, 0.1) is 0 Å². The molecule has 0 unspecified atom stereocenters. The van der Waals surface area contributed by atoms with Gasteiger partial charge in [0.2, 0.25) is 5.78 Å². The molecule has 0 bridgehead atoms. The lowest BCUT2D eigenvalue weighted by Gasteiger charge is -1.84. The van der Waals surface area contributed by atoms with Gasteiger partial charge in [0.25, 0.3) is 5.12 Å². The van der Waals surface area contributed by atoms with E-state index in [9.17, 15) is 9.59 Å². The van der Waals surface area contributed by atoms with Gasteiger partial charge >= 0.3 is 0 Å². The summed E-state index contributed by atoms with van der Waals surface area (Å²) in [6, 6.07) is 0. The molecule has 0 aromatic rings. The van der Waals surface area contributed by atoms with Crippen LogP contribution in [0.25, 0.3) is 0 Å². The Balaban J connectivity index is 4.09. The van der Waals surface area contributed by atoms with E-state index in [-0.39, 0.29) is 0 Å². The van der Waals surface area contributed by atoms with Crippen molar-refractivity contribution in [3.8, 4) is 0 Å². The van der Waals surface area contributed by atoms with Gasteiger partial charge in [0.15, 0.2) is 0 Å². The molecule has 0 radical (unpaired) electrons. The molecular weight excluding hydrogens is 156 g/mol. The fourth-order valence-corrected chi connectivity index (χ4v) is 0.433. The van der Waals surface area contributed by atoms with Crippen molar-refractivity contribution in [2.24, 2.45) is 0 Å². The van der Waals surface area contributed by atoms with Crippen LogP contribution in [0.2, 0.25) is 0 Å². The zero-order chi connectivity index (χ0) is 7.44. The number of hydrogen-bond acceptors (Lipinski definition) is 3. The second kappa shape index (κ2) is 3.74. The Labute approximate surface area is 64.1 Å². The SMILES string of the molecule is C/C(S)=C\C(=O)C(=O)S. The maximum atomic E-state index is 10.4. The van der Waals surface area contributed by atoms with Crippen molar-refractivity contribution in [3.63, 3.8) is 0 Å². The summed E-state index contributed by atoms with van der Waals surface area (Å²) in [6.45, 7) is 1.61. The molecule has 0 amide bonds. The molecule has 0 aliphatic carbocycles. The normalized spacial score (nSPS) is 11.2. The van der Waals surface area contributed by atoms with Crippen LogP contribution in [0.3, 0.4) is 0 Å². The Kier molecular flexibility index (Phi) is 3.65. The molecule has 0 aromatic carbocycles. The van der Waals surface area contributed by atoms with Gasteiger partial charge in [-0.1, -0.05) is 12.6 Å². The van der Waals surface area contributed by atoms with E-state index in [4.69, 9.17) is 0 Å². The van der Waals surface area contributed by atoms with E-state index in [0.717, 1.165) is 6.08 Å². The molecule has 0 aromatic heterocycles. The Morgan fingerprint density at radius 3 is 1.89 bits per heavy atom. The van der Waals surface area contributed by atoms with Crippen molar-refractivity contribution in [2.75, 3.05) is 0 Å². The molecule has 50 valence electrons. The number of ketones is 1. The number of carbonyl (C=O) groups is 2. The highest BCUT2D eigenvalue weighted by molar-refractivity contribution is 7.99. The summed E-state index contributed by atoms with van der Waals surface area (Å²) in [7, 11) is 0. The Morgan fingerprint density at radius 1 is 1.33 bits per heavy atom. The molecule has 9 heavy (non-hydrogen) atoms. The lowest BCUT2D eigenvalue weighted by atomic mass is 10.4. The zero-order valence-electron chi connectivity index (χ0n) is 4.79. The fourth-order valence-electron chi connectivity index (χ4n) is 0.251. The third kappa shape index (κ3) is 4.29. The van der Waals surface area contributed by atoms with Gasteiger partial charge in [0.1, 0.15) is 0 Å². The molecule has 0 aliphatic rings. The minimum atomic E-state index is -0.761. The molecule has 2 nitrogen and oxygen atoms in total. The second-order valence-electron chi connectivity index (χ2n) is 1.46. The molecule has 0 atom stereocenters. The highest BCUT2D eigenvalue weighted by atomic mass is 32.1. The van der Waals surface area contributed by atoms with Crippen molar-refractivity contribution in [1.29, 1.82) is 0 Å². The molecule has 0 fully saturated rings. The first-order valence-corrected chi connectivity index (χ1v) is 3.08. The lowest BCUT2D eigenvalue weighted by molar-refractivity contribution is -0.128. The van der Waals surface area contributed by atoms with Crippen molar-refractivity contribution in [3.05, 3.63) is 11.0 Å². The van der Waals surface area contributed by atoms with Gasteiger partial charge in [-0.15, -0.1) is 12.6 Å². The van der Waals surface area contributed by atoms with E-state index < -0.39 is 10.9 Å². The quantitative estimate of drug-likeness (QED) is 0.358. The third-order valence-corrected chi connectivity index (χ3v) is 0.900. The highest BCUT2D eigenvalue weighted by Gasteiger charge is 2.02. The van der Waals surface area contributed by atoms with E-state index in [1.54, 1.807) is 6.92 Å². The van der Waals surface area contributed by atoms with E-state index in [0.29, 0.717) is 4.91 Å². The average Bonchev–Trinajstić information content (AvgIpc) is 1.63. The average molecular weight is 162 g/mol. The Morgan fingerprint density at radius 2 is 1.78 bits per heavy atom. The summed E-state index contributed by atoms with van der Waals surface area (Å²) in [5.74, 6) is -0.633. The van der Waals surface area contributed by atoms with Crippen molar-refractivity contribution in [1.82, 2.24) is 0 Å². The molecule has 0 aliphatic heterocycles. The van der Waals surface area contributed by atoms with Crippen LogP contribution in [0.4, 0.5) is 0 Å². The van der Waals surface area contributed by atoms with Crippen LogP contribution in [0.5, 0.6) is 0 Å². The minimum Gasteiger partial charge on any atom is -0.285 e. The van der Waals surface area contributed by atoms with Gasteiger partial charge in [0, 0.05) is 0 Å². The van der Waals surface area contributed by atoms with Crippen LogP contribution in [0, 0.1) is 0 Å². The van der Waals surface area contributed by atoms with E-state index in [1.165, 1.54) is 0 Å². The Bertz CT molecular complexity index is 168. The molecule has 4 heteroatoms. The zero-order valence-corrected chi connectivity index (χ0v) is 6.58. The standard InChI is InChI=1S/C5H6O2S2/c1-3(8)2-4(6)5(7)9/h2,8H,1H3,(H,7,9)/b3-2+. The van der Waals surface area contributed by atoms with Crippen molar-refractivity contribution >= 4 is 36.2 Å². The number of carbonyl (C=O) groups excluding carboxylic acids is 2. The number of allylic oxidation sites excluding steroid dienone is 2. The van der Waals surface area contributed by atoms with Gasteiger partial charge < -0.3 is 0 Å². The highest BCUT2D eigenvalue weighted by Crippen LogP contribution is 1.97. The molecule has 0 heterocycles. The largest absolute Gasteiger partial charge is 0.285 e. The van der Waals surface area contributed by atoms with Gasteiger partial charge in [-0.3, -0.25) is 9.59 Å². The number of hydrogen-bond donors (Lipinski definition) is 2. The van der Waals surface area contributed by atoms with Crippen LogP contribution < -0.4 is 0 Å². The summed E-state index contributed by atoms with van der Waals surface area (Å²) in [5.41, 5.74) is 0. The maximum Gasteiger partial charge on any atom is 0.256 e. The summed E-state index contributed by atoms with van der Waals surface area (Å²) in [5, 5.41) is -0.761. The predicted molar refractivity (Wildman–Crippen MR) is 41.7 cm³/mol. The van der Waals surface area contributed by atoms with Gasteiger partial charge in [-0.25, -0.2) is 0 Å². The number of rotatable bonds is 2. The fraction of sp³-hybridized carbons (Fsp3) is 0.200. The van der Waals surface area contributed by atoms with Crippen LogP contribution in [-0.4, -0.2) is 10.9 Å². The van der Waals surface area contributed by atoms with Crippen LogP contribution >= 0.6 is 25.3 Å². The van der Waals surface area contributed by atoms with E-state index >= 15 is 0 Å². The topological polar surface area (TPSA) is 34.1 Å². The van der Waals surface area contributed by atoms with Crippen LogP contribution in [0.15, 0.2) is 11.0 Å². The first kappa shape index (κ1) is 8.78. The summed E-state index contributed by atoms with van der Waals surface area (Å²) in [4.78, 5) is 21.0. The second-order valence-corrected chi connectivity index (χ2v) is 2.57. The molecule has 0 spiro atoms. The van der Waals surface area contributed by atoms with Crippen LogP contribution in [-0.2, 0) is 9.59 Å². The summed E-state index contributed by atoms with van der Waals surface area (Å²) < 4.78 is 0. The monoisotopic (exact) mass is 162 g/mol. The predicted octanol–water partition coefficient (Wildman–Crippen LogP) is 0.845. The third-order valence-electron chi connectivity index (χ3n) is 0.551. The van der Waals surface area contributed by atoms with Crippen LogP contribution in [0.1, 0.15) is 6.92 Å². The van der Waals surface area contributed by atoms with E-state index in [2.05, 4.69) is 25.3 Å². The number of thiol groups is 2. The Hall–Kier alpha value is -0.220. The first-order chi connectivity index (χ1) is 4.04. The minimum absolute atomic E-state index is 0.502. The van der Waals surface area contributed by atoms with Crippen molar-refractivity contribution in [2.45, 2.75) is 6.92 Å². The maximum absolute atomic E-state index is 10.4. The van der Waals surface area contributed by atoms with E-state index in [1.807, 2.05) is 0 Å². The molecule has 0 saturated heterocycles. The van der Waals surface area contributed by atoms with Gasteiger partial charge in [-0.2, -0.15) is 0 Å². The molecule has 0 N–H and O–H groups in total. The molecule has 0 rings (SSSR count). The summed E-state index contributed by atoms with van der Waals surface area (Å²) >= 11 is 7.09. The molecular formula is C5H6O2S2. The lowest BCUT2D eigenvalue weighted by Crippen LogP contribution is -2.02. The van der Waals surface area contributed by atoms with Gasteiger partial charge in [-0.05, 0) is 17.9 Å². The molecule has 0 saturated carbocycles. The first-order valence-electron chi connectivity index (χ1n) is 2.18. The smallest absolute Gasteiger partial charge is 0.256 e. The van der Waals surface area contributed by atoms with Crippen molar-refractivity contribution < 1.29 is 9.59 Å². The summed E-state index contributed by atoms with van der Waals surface area (Å²) in [6.07, 6.45) is 1.12.